The fourth-order valence-electron chi connectivity index (χ4n) is 3.01. The van der Waals surface area contributed by atoms with E-state index < -0.39 is 79.8 Å². The highest BCUT2D eigenvalue weighted by molar-refractivity contribution is 5.75. The van der Waals surface area contributed by atoms with E-state index in [9.17, 15) is 40.2 Å². The summed E-state index contributed by atoms with van der Waals surface area (Å²) >= 11 is 0. The molecule has 0 radical (unpaired) electrons. The number of carbonyl (C=O) groups is 2. The van der Waals surface area contributed by atoms with E-state index in [0.717, 1.165) is 0 Å². The summed E-state index contributed by atoms with van der Waals surface area (Å²) in [5.74, 6) is 9.15. The smallest absolute Gasteiger partial charge is 0.328 e. The maximum Gasteiger partial charge on any atom is 0.328 e. The number of aliphatic hydroxyl groups excluding tert-OH is 6. The summed E-state index contributed by atoms with van der Waals surface area (Å²) in [6, 6.07) is -0.812. The van der Waals surface area contributed by atoms with E-state index in [1.165, 1.54) is 0 Å². The number of nitrogens with one attached hydrogen (secondary N) is 3. The summed E-state index contributed by atoms with van der Waals surface area (Å²) in [6.07, 6.45) is -17.0. The Labute approximate surface area is 169 Å². The number of amides is 3. The van der Waals surface area contributed by atoms with Crippen LogP contribution in [0, 0.1) is 0 Å². The van der Waals surface area contributed by atoms with Crippen LogP contribution in [0.4, 0.5) is 4.79 Å². The van der Waals surface area contributed by atoms with E-state index in [1.807, 2.05) is 5.43 Å². The van der Waals surface area contributed by atoms with Gasteiger partial charge >= 0.3 is 6.03 Å². The Kier molecular flexibility index (Phi) is 8.64. The van der Waals surface area contributed by atoms with Crippen molar-refractivity contribution in [1.29, 1.82) is 0 Å². The molecule has 0 spiro atoms. The van der Waals surface area contributed by atoms with Gasteiger partial charge in [-0.3, -0.25) is 15.6 Å². The van der Waals surface area contributed by atoms with Gasteiger partial charge in [-0.25, -0.2) is 16.5 Å². The van der Waals surface area contributed by atoms with Gasteiger partial charge in [0.05, 0.1) is 12.5 Å². The number of rotatable bonds is 6. The van der Waals surface area contributed by atoms with Crippen LogP contribution in [0.1, 0.15) is 6.42 Å². The first-order valence-electron chi connectivity index (χ1n) is 8.89. The molecular formula is C14H27N5O11. The zero-order chi connectivity index (χ0) is 22.6. The van der Waals surface area contributed by atoms with Crippen LogP contribution in [0.2, 0.25) is 0 Å². The molecule has 2 saturated heterocycles. The Balaban J connectivity index is 2.08. The lowest BCUT2D eigenvalue weighted by atomic mass is 9.96. The van der Waals surface area contributed by atoms with Crippen LogP contribution in [-0.2, 0) is 19.0 Å². The predicted molar refractivity (Wildman–Crippen MR) is 92.1 cm³/mol. The molecule has 3 amide bonds. The van der Waals surface area contributed by atoms with Crippen molar-refractivity contribution in [3.8, 4) is 0 Å². The first kappa shape index (κ1) is 24.6. The van der Waals surface area contributed by atoms with Crippen molar-refractivity contribution in [2.45, 2.75) is 67.8 Å². The van der Waals surface area contributed by atoms with Gasteiger partial charge in [0.15, 0.2) is 12.6 Å². The number of urea groups is 1. The second-order valence-electron chi connectivity index (χ2n) is 6.79. The minimum atomic E-state index is -1.82. The second-order valence-corrected chi connectivity index (χ2v) is 6.79. The highest BCUT2D eigenvalue weighted by Gasteiger charge is 2.50. The average molecular weight is 441 g/mol. The third kappa shape index (κ3) is 5.50. The largest absolute Gasteiger partial charge is 0.388 e. The molecule has 0 aromatic rings. The molecule has 16 nitrogen and oxygen atoms in total. The van der Waals surface area contributed by atoms with Crippen LogP contribution in [-0.4, -0.2) is 111 Å². The summed E-state index contributed by atoms with van der Waals surface area (Å²) in [5, 5.41) is 62.5. The van der Waals surface area contributed by atoms with Gasteiger partial charge < -0.3 is 50.2 Å². The van der Waals surface area contributed by atoms with Gasteiger partial charge in [0.25, 0.3) is 0 Å². The highest BCUT2D eigenvalue weighted by atomic mass is 16.8. The maximum absolute atomic E-state index is 11.5. The van der Waals surface area contributed by atoms with Gasteiger partial charge in [0.2, 0.25) is 5.91 Å². The fraction of sp³-hybridized carbons (Fsp3) is 0.857. The van der Waals surface area contributed by atoms with E-state index in [-0.39, 0.29) is 6.54 Å². The lowest BCUT2D eigenvalue weighted by Crippen LogP contribution is -2.64. The van der Waals surface area contributed by atoms with Crippen molar-refractivity contribution in [2.75, 3.05) is 6.54 Å². The standard InChI is InChI=1S/C14H27N5O11/c15-18-5(20)1-3-6(21)8(23)10(25)12(28-3)30-13-11(26)9(24)7(22)4(29-13)2-17-14(27)19-16/h3-4,6-13,21-26H,1-2,15-16H2,(H,18,20)(H2,17,19,27)/t3?,4?,6-,7-,8?,9?,10?,11?,12-,13-/m1/s1. The molecule has 2 aliphatic heterocycles. The third-order valence-corrected chi connectivity index (χ3v) is 4.75. The quantitative estimate of drug-likeness (QED) is 0.104. The molecule has 16 heteroatoms. The number of nitrogens with two attached hydrogens (primary N) is 2. The first-order chi connectivity index (χ1) is 14.1. The Morgan fingerprint density at radius 1 is 0.767 bits per heavy atom. The topological polar surface area (TPSA) is 271 Å². The van der Waals surface area contributed by atoms with Crippen molar-refractivity contribution in [1.82, 2.24) is 16.2 Å². The van der Waals surface area contributed by atoms with Crippen molar-refractivity contribution in [3.63, 3.8) is 0 Å². The molecule has 6 unspecified atom stereocenters. The molecule has 174 valence electrons. The maximum atomic E-state index is 11.5. The number of hydrogen-bond donors (Lipinski definition) is 11. The number of carbonyl (C=O) groups excluding carboxylic acids is 2. The summed E-state index contributed by atoms with van der Waals surface area (Å²) in [5.41, 5.74) is 3.60. The van der Waals surface area contributed by atoms with E-state index in [2.05, 4.69) is 5.32 Å². The van der Waals surface area contributed by atoms with Crippen LogP contribution in [0.25, 0.3) is 0 Å². The molecular weight excluding hydrogens is 414 g/mol. The number of hydrogen-bond acceptors (Lipinski definition) is 13. The van der Waals surface area contributed by atoms with Gasteiger partial charge in [-0.05, 0) is 0 Å². The predicted octanol–water partition coefficient (Wildman–Crippen LogP) is -6.83. The molecule has 0 bridgehead atoms. The van der Waals surface area contributed by atoms with Gasteiger partial charge in [-0.15, -0.1) is 0 Å². The van der Waals surface area contributed by atoms with Crippen LogP contribution in [0.3, 0.4) is 0 Å². The monoisotopic (exact) mass is 441 g/mol. The molecule has 10 atom stereocenters. The van der Waals surface area contributed by atoms with E-state index in [1.54, 1.807) is 5.43 Å². The number of aliphatic hydroxyl groups is 6. The molecule has 30 heavy (non-hydrogen) atoms. The molecule has 2 fully saturated rings. The highest BCUT2D eigenvalue weighted by Crippen LogP contribution is 2.28. The number of hydrazine groups is 2. The molecule has 0 aromatic carbocycles. The zero-order valence-electron chi connectivity index (χ0n) is 15.6. The summed E-state index contributed by atoms with van der Waals surface area (Å²) in [7, 11) is 0. The van der Waals surface area contributed by atoms with E-state index >= 15 is 0 Å². The fourth-order valence-corrected chi connectivity index (χ4v) is 3.01. The summed E-state index contributed by atoms with van der Waals surface area (Å²) in [6.45, 7) is -0.345. The molecule has 0 saturated carbocycles. The summed E-state index contributed by atoms with van der Waals surface area (Å²) < 4.78 is 15.9. The van der Waals surface area contributed by atoms with Gasteiger partial charge in [-0.1, -0.05) is 0 Å². The SMILES string of the molecule is NNC(=O)CC1O[C@H](O[C@H]2OC(CNC(=O)NN)[C@@H](O)C(O)C2O)C(O)C(O)[C@@H]1O. The Bertz CT molecular complexity index is 601. The normalized spacial score (nSPS) is 41.7. The molecule has 2 rings (SSSR count). The summed E-state index contributed by atoms with van der Waals surface area (Å²) in [4.78, 5) is 22.6. The van der Waals surface area contributed by atoms with Crippen molar-refractivity contribution >= 4 is 11.9 Å². The van der Waals surface area contributed by atoms with Crippen LogP contribution in [0.5, 0.6) is 0 Å². The lowest BCUT2D eigenvalue weighted by Gasteiger charge is -2.45. The first-order valence-corrected chi connectivity index (χ1v) is 8.89. The van der Waals surface area contributed by atoms with Gasteiger partial charge in [-0.2, -0.15) is 0 Å². The Hall–Kier alpha value is -1.70. The molecule has 13 N–H and O–H groups in total. The van der Waals surface area contributed by atoms with Crippen molar-refractivity contribution in [3.05, 3.63) is 0 Å². The Morgan fingerprint density at radius 3 is 1.77 bits per heavy atom. The molecule has 2 heterocycles. The lowest BCUT2D eigenvalue weighted by molar-refractivity contribution is -0.372. The zero-order valence-corrected chi connectivity index (χ0v) is 15.6. The number of ether oxygens (including phenoxy) is 3. The van der Waals surface area contributed by atoms with E-state index in [0.29, 0.717) is 0 Å². The van der Waals surface area contributed by atoms with Crippen LogP contribution in [0.15, 0.2) is 0 Å². The van der Waals surface area contributed by atoms with Crippen molar-refractivity contribution in [2.24, 2.45) is 11.7 Å². The molecule has 0 aliphatic carbocycles. The van der Waals surface area contributed by atoms with E-state index in [4.69, 9.17) is 25.9 Å². The van der Waals surface area contributed by atoms with Crippen LogP contribution >= 0.6 is 0 Å². The molecule has 0 aromatic heterocycles. The van der Waals surface area contributed by atoms with Crippen LogP contribution < -0.4 is 27.9 Å². The molecule has 2 aliphatic rings. The van der Waals surface area contributed by atoms with Gasteiger partial charge in [0, 0.05) is 6.54 Å². The van der Waals surface area contributed by atoms with Gasteiger partial charge in [0.1, 0.15) is 42.7 Å². The third-order valence-electron chi connectivity index (χ3n) is 4.75. The second kappa shape index (κ2) is 10.6. The van der Waals surface area contributed by atoms with Crippen molar-refractivity contribution < 1.29 is 54.4 Å². The Morgan fingerprint density at radius 2 is 1.27 bits per heavy atom. The average Bonchev–Trinajstić information content (AvgIpc) is 2.74. The minimum Gasteiger partial charge on any atom is -0.388 e. The minimum absolute atomic E-state index is 0.345.